The van der Waals surface area contributed by atoms with Gasteiger partial charge in [0.05, 0.1) is 5.56 Å². The zero-order valence-electron chi connectivity index (χ0n) is 13.4. The van der Waals surface area contributed by atoms with Crippen molar-refractivity contribution >= 4 is 15.9 Å². The molecule has 2 heterocycles. The molecule has 2 rings (SSSR count). The fraction of sp³-hybridized carbons (Fsp3) is 0.357. The van der Waals surface area contributed by atoms with Gasteiger partial charge >= 0.3 is 12.2 Å². The molecule has 0 bridgehead atoms. The number of alkyl halides is 3. The molecular weight excluding hydrogens is 361 g/mol. The van der Waals surface area contributed by atoms with Gasteiger partial charge in [-0.3, -0.25) is 0 Å². The molecule has 2 aromatic heterocycles. The lowest BCUT2D eigenvalue weighted by Crippen LogP contribution is -2.34. The third kappa shape index (κ3) is 3.65. The second-order valence-electron chi connectivity index (χ2n) is 4.91. The Balaban J connectivity index is 2.49. The fourth-order valence-electron chi connectivity index (χ4n) is 2.12. The first kappa shape index (κ1) is 18.9. The van der Waals surface area contributed by atoms with Gasteiger partial charge in [-0.15, -0.1) is 0 Å². The molecule has 0 spiro atoms. The summed E-state index contributed by atoms with van der Waals surface area (Å²) in [5.41, 5.74) is -1.39. The van der Waals surface area contributed by atoms with Crippen molar-refractivity contribution in [3.8, 4) is 0 Å². The summed E-state index contributed by atoms with van der Waals surface area (Å²) >= 11 is 0. The van der Waals surface area contributed by atoms with Crippen molar-refractivity contribution < 1.29 is 26.4 Å². The highest BCUT2D eigenvalue weighted by Gasteiger charge is 2.39. The van der Waals surface area contributed by atoms with E-state index in [1.165, 1.54) is 4.90 Å². The van der Waals surface area contributed by atoms with Gasteiger partial charge in [-0.25, -0.2) is 18.2 Å². The number of hydrogen-bond donors (Lipinski definition) is 0. The van der Waals surface area contributed by atoms with Crippen LogP contribution in [0.5, 0.6) is 0 Å². The summed E-state index contributed by atoms with van der Waals surface area (Å²) < 4.78 is 64.8. The Bertz CT molecular complexity index is 873. The van der Waals surface area contributed by atoms with Crippen LogP contribution < -0.4 is 0 Å². The van der Waals surface area contributed by atoms with Crippen LogP contribution in [0.2, 0.25) is 0 Å². The first-order chi connectivity index (χ1) is 11.6. The van der Waals surface area contributed by atoms with Crippen LogP contribution in [0.4, 0.5) is 18.0 Å². The highest BCUT2D eigenvalue weighted by molar-refractivity contribution is 7.91. The topological polar surface area (TPSA) is 85.2 Å². The summed E-state index contributed by atoms with van der Waals surface area (Å²) in [5.74, 6) is 0. The Kier molecular flexibility index (Phi) is 5.16. The molecule has 0 aromatic carbocycles. The predicted molar refractivity (Wildman–Crippen MR) is 80.6 cm³/mol. The minimum atomic E-state index is -4.89. The lowest BCUT2D eigenvalue weighted by atomic mass is 10.3. The van der Waals surface area contributed by atoms with Gasteiger partial charge in [0.2, 0.25) is 9.84 Å². The fourth-order valence-corrected chi connectivity index (χ4v) is 3.42. The molecule has 0 unspecified atom stereocenters. The van der Waals surface area contributed by atoms with Gasteiger partial charge in [0.1, 0.15) is 0 Å². The van der Waals surface area contributed by atoms with E-state index in [2.05, 4.69) is 10.1 Å². The summed E-state index contributed by atoms with van der Waals surface area (Å²) in [6.45, 7) is 4.20. The van der Waals surface area contributed by atoms with Crippen molar-refractivity contribution in [1.82, 2.24) is 19.7 Å². The number of halogens is 3. The smallest absolute Gasteiger partial charge is 0.323 e. The van der Waals surface area contributed by atoms with Crippen molar-refractivity contribution in [2.45, 2.75) is 30.1 Å². The van der Waals surface area contributed by atoms with Crippen molar-refractivity contribution in [3.63, 3.8) is 0 Å². The number of carbonyl (C=O) groups is 1. The van der Waals surface area contributed by atoms with Gasteiger partial charge in [-0.1, -0.05) is 0 Å². The molecule has 0 N–H and O–H groups in total. The minimum absolute atomic E-state index is 0.371. The van der Waals surface area contributed by atoms with E-state index in [9.17, 15) is 26.4 Å². The molecule has 0 aliphatic heterocycles. The van der Waals surface area contributed by atoms with E-state index in [4.69, 9.17) is 0 Å². The average molecular weight is 376 g/mol. The summed E-state index contributed by atoms with van der Waals surface area (Å²) in [6.07, 6.45) is -2.86. The zero-order chi connectivity index (χ0) is 18.8. The summed E-state index contributed by atoms with van der Waals surface area (Å²) in [4.78, 5) is 16.9. The molecule has 0 aliphatic rings. The van der Waals surface area contributed by atoms with Gasteiger partial charge in [0, 0.05) is 25.5 Å². The average Bonchev–Trinajstić information content (AvgIpc) is 3.06. The minimum Gasteiger partial charge on any atom is -0.323 e. The maximum Gasteiger partial charge on any atom is 0.419 e. The van der Waals surface area contributed by atoms with E-state index >= 15 is 0 Å². The highest BCUT2D eigenvalue weighted by atomic mass is 32.2. The summed E-state index contributed by atoms with van der Waals surface area (Å²) in [7, 11) is -4.64. The molecule has 0 atom stereocenters. The lowest BCUT2D eigenvalue weighted by Gasteiger charge is -2.17. The quantitative estimate of drug-likeness (QED) is 0.818. The second kappa shape index (κ2) is 6.82. The standard InChI is InChI=1S/C14H15F3N4O3S/c1-3-20(4-2)13(22)21-9-7-11(19-21)25(23,24)12-10(14(15,16)17)6-5-8-18-12/h5-9H,3-4H2,1-2H3. The van der Waals surface area contributed by atoms with Crippen LogP contribution in [0.1, 0.15) is 19.4 Å². The molecule has 2 aromatic rings. The van der Waals surface area contributed by atoms with E-state index < -0.39 is 37.7 Å². The van der Waals surface area contributed by atoms with Crippen molar-refractivity contribution in [1.29, 1.82) is 0 Å². The molecule has 0 radical (unpaired) electrons. The van der Waals surface area contributed by atoms with E-state index in [0.717, 1.165) is 29.2 Å². The normalized spacial score (nSPS) is 12.2. The molecule has 25 heavy (non-hydrogen) atoms. The number of sulfone groups is 1. The molecule has 0 aliphatic carbocycles. The lowest BCUT2D eigenvalue weighted by molar-refractivity contribution is -0.140. The van der Waals surface area contributed by atoms with E-state index in [0.29, 0.717) is 19.2 Å². The van der Waals surface area contributed by atoms with E-state index in [1.807, 2.05) is 0 Å². The number of carbonyl (C=O) groups excluding carboxylic acids is 1. The van der Waals surface area contributed by atoms with Crippen molar-refractivity contribution in [3.05, 3.63) is 36.2 Å². The third-order valence-electron chi connectivity index (χ3n) is 3.40. The molecule has 0 saturated heterocycles. The van der Waals surface area contributed by atoms with E-state index in [1.54, 1.807) is 13.8 Å². The van der Waals surface area contributed by atoms with E-state index in [-0.39, 0.29) is 0 Å². The van der Waals surface area contributed by atoms with Gasteiger partial charge in [0.25, 0.3) is 0 Å². The second-order valence-corrected chi connectivity index (χ2v) is 6.72. The third-order valence-corrected chi connectivity index (χ3v) is 5.00. The zero-order valence-corrected chi connectivity index (χ0v) is 14.2. The Morgan fingerprint density at radius 1 is 1.24 bits per heavy atom. The first-order valence-electron chi connectivity index (χ1n) is 7.25. The van der Waals surface area contributed by atoms with Crippen LogP contribution >= 0.6 is 0 Å². The van der Waals surface area contributed by atoms with Crippen LogP contribution in [-0.2, 0) is 16.0 Å². The molecule has 0 fully saturated rings. The maximum absolute atomic E-state index is 13.0. The van der Waals surface area contributed by atoms with Crippen LogP contribution in [0, 0.1) is 0 Å². The first-order valence-corrected chi connectivity index (χ1v) is 8.73. The molecule has 136 valence electrons. The predicted octanol–water partition coefficient (Wildman–Crippen LogP) is 2.44. The Labute approximate surface area is 142 Å². The molecule has 11 heteroatoms. The number of amides is 1. The summed E-state index contributed by atoms with van der Waals surface area (Å²) in [5, 5.41) is 1.80. The van der Waals surface area contributed by atoms with Crippen LogP contribution in [0.15, 0.2) is 40.6 Å². The largest absolute Gasteiger partial charge is 0.419 e. The van der Waals surface area contributed by atoms with Gasteiger partial charge in [0.15, 0.2) is 10.1 Å². The van der Waals surface area contributed by atoms with Gasteiger partial charge in [-0.05, 0) is 32.0 Å². The number of nitrogens with zero attached hydrogens (tertiary/aromatic N) is 4. The molecule has 0 saturated carbocycles. The summed E-state index contributed by atoms with van der Waals surface area (Å²) in [6, 6.07) is 2.00. The molecular formula is C14H15F3N4O3S. The monoisotopic (exact) mass is 376 g/mol. The number of pyridine rings is 1. The Hall–Kier alpha value is -2.43. The number of hydrogen-bond acceptors (Lipinski definition) is 5. The Morgan fingerprint density at radius 3 is 2.44 bits per heavy atom. The number of rotatable bonds is 4. The van der Waals surface area contributed by atoms with Crippen LogP contribution in [-0.4, -0.2) is 47.2 Å². The number of aromatic nitrogens is 3. The van der Waals surface area contributed by atoms with Crippen LogP contribution in [0.3, 0.4) is 0 Å². The van der Waals surface area contributed by atoms with Gasteiger partial charge in [-0.2, -0.15) is 23.0 Å². The van der Waals surface area contributed by atoms with Crippen molar-refractivity contribution in [2.24, 2.45) is 0 Å². The van der Waals surface area contributed by atoms with Crippen LogP contribution in [0.25, 0.3) is 0 Å². The molecule has 7 nitrogen and oxygen atoms in total. The molecule has 1 amide bonds. The van der Waals surface area contributed by atoms with Gasteiger partial charge < -0.3 is 4.90 Å². The van der Waals surface area contributed by atoms with Crippen molar-refractivity contribution in [2.75, 3.05) is 13.1 Å². The highest BCUT2D eigenvalue weighted by Crippen LogP contribution is 2.34. The SMILES string of the molecule is CCN(CC)C(=O)n1ccc(S(=O)(=O)c2ncccc2C(F)(F)F)n1. The maximum atomic E-state index is 13.0. The Morgan fingerprint density at radius 2 is 1.88 bits per heavy atom.